The summed E-state index contributed by atoms with van der Waals surface area (Å²) in [5, 5.41) is 4.27. The number of hydrogen-bond acceptors (Lipinski definition) is 5. The van der Waals surface area contributed by atoms with Crippen molar-refractivity contribution in [3.05, 3.63) is 66.5 Å². The molecule has 0 bridgehead atoms. The van der Waals surface area contributed by atoms with Gasteiger partial charge in [0.1, 0.15) is 11.6 Å². The van der Waals surface area contributed by atoms with Crippen molar-refractivity contribution in [3.8, 4) is 28.3 Å². The van der Waals surface area contributed by atoms with Gasteiger partial charge in [-0.2, -0.15) is 0 Å². The molecule has 29 heavy (non-hydrogen) atoms. The molecule has 0 fully saturated rings. The number of benzene rings is 2. The second-order valence-corrected chi connectivity index (χ2v) is 6.90. The topological polar surface area (TPSA) is 59.9 Å². The molecule has 0 saturated carbocycles. The molecule has 5 heteroatoms. The van der Waals surface area contributed by atoms with Gasteiger partial charge in [0.15, 0.2) is 5.82 Å². The lowest BCUT2D eigenvalue weighted by molar-refractivity contribution is 0.415. The molecular weight excluding hydrogens is 360 g/mol. The molecule has 146 valence electrons. The summed E-state index contributed by atoms with van der Waals surface area (Å²) in [6.07, 6.45) is 5.54. The first-order valence-corrected chi connectivity index (χ1v) is 9.80. The Morgan fingerprint density at radius 1 is 0.966 bits per heavy atom. The van der Waals surface area contributed by atoms with Crippen molar-refractivity contribution >= 4 is 16.7 Å². The van der Waals surface area contributed by atoms with Crippen molar-refractivity contribution in [1.82, 2.24) is 15.0 Å². The molecule has 0 unspecified atom stereocenters. The van der Waals surface area contributed by atoms with E-state index in [0.717, 1.165) is 52.0 Å². The molecule has 2 aromatic heterocycles. The number of rotatable bonds is 6. The minimum Gasteiger partial charge on any atom is -0.497 e. The third-order valence-corrected chi connectivity index (χ3v) is 4.96. The van der Waals surface area contributed by atoms with Gasteiger partial charge in [-0.1, -0.05) is 25.5 Å². The Kier molecular flexibility index (Phi) is 5.38. The second-order valence-electron chi connectivity index (χ2n) is 6.90. The second kappa shape index (κ2) is 8.27. The van der Waals surface area contributed by atoms with Crippen LogP contribution in [0.5, 0.6) is 5.75 Å². The van der Waals surface area contributed by atoms with Crippen LogP contribution in [0.15, 0.2) is 60.9 Å². The maximum Gasteiger partial charge on any atom is 0.163 e. The summed E-state index contributed by atoms with van der Waals surface area (Å²) in [6, 6.07) is 16.4. The SMILES string of the molecule is CCCc1cc(-c2cccc(OC)c2)cc2c(NC)nc(-c3cccnc3)nc12. The van der Waals surface area contributed by atoms with Crippen molar-refractivity contribution in [2.75, 3.05) is 19.5 Å². The van der Waals surface area contributed by atoms with E-state index in [4.69, 9.17) is 14.7 Å². The van der Waals surface area contributed by atoms with E-state index in [-0.39, 0.29) is 0 Å². The highest BCUT2D eigenvalue weighted by Gasteiger charge is 2.14. The van der Waals surface area contributed by atoms with E-state index in [9.17, 15) is 0 Å². The van der Waals surface area contributed by atoms with Crippen LogP contribution in [0.1, 0.15) is 18.9 Å². The fourth-order valence-electron chi connectivity index (χ4n) is 3.55. The van der Waals surface area contributed by atoms with Crippen LogP contribution in [-0.2, 0) is 6.42 Å². The average Bonchev–Trinajstić information content (AvgIpc) is 2.79. The van der Waals surface area contributed by atoms with E-state index in [0.29, 0.717) is 5.82 Å². The smallest absolute Gasteiger partial charge is 0.163 e. The third kappa shape index (κ3) is 3.76. The van der Waals surface area contributed by atoms with Crippen LogP contribution < -0.4 is 10.1 Å². The maximum atomic E-state index is 5.41. The highest BCUT2D eigenvalue weighted by molar-refractivity contribution is 5.96. The summed E-state index contributed by atoms with van der Waals surface area (Å²) in [5.41, 5.74) is 5.35. The van der Waals surface area contributed by atoms with Gasteiger partial charge in [-0.15, -0.1) is 0 Å². The maximum absolute atomic E-state index is 5.41. The Morgan fingerprint density at radius 3 is 2.55 bits per heavy atom. The Morgan fingerprint density at radius 2 is 1.83 bits per heavy atom. The van der Waals surface area contributed by atoms with Crippen LogP contribution in [0.4, 0.5) is 5.82 Å². The summed E-state index contributed by atoms with van der Waals surface area (Å²) in [6.45, 7) is 2.19. The van der Waals surface area contributed by atoms with Crippen LogP contribution in [-0.4, -0.2) is 29.1 Å². The van der Waals surface area contributed by atoms with Crippen molar-refractivity contribution in [3.63, 3.8) is 0 Å². The van der Waals surface area contributed by atoms with E-state index in [1.54, 1.807) is 19.5 Å². The predicted molar refractivity (Wildman–Crippen MR) is 118 cm³/mol. The number of pyridine rings is 1. The van der Waals surface area contributed by atoms with E-state index in [2.05, 4.69) is 41.5 Å². The number of fused-ring (bicyclic) bond motifs is 1. The Hall–Kier alpha value is -3.47. The van der Waals surface area contributed by atoms with Gasteiger partial charge < -0.3 is 10.1 Å². The average molecular weight is 384 g/mol. The molecule has 0 saturated heterocycles. The third-order valence-electron chi connectivity index (χ3n) is 4.96. The Bertz CT molecular complexity index is 1140. The van der Waals surface area contributed by atoms with E-state index >= 15 is 0 Å². The lowest BCUT2D eigenvalue weighted by atomic mass is 9.97. The Balaban J connectivity index is 1.96. The van der Waals surface area contributed by atoms with Gasteiger partial charge >= 0.3 is 0 Å². The highest BCUT2D eigenvalue weighted by Crippen LogP contribution is 2.33. The van der Waals surface area contributed by atoms with E-state index < -0.39 is 0 Å². The molecule has 0 radical (unpaired) electrons. The molecule has 2 heterocycles. The molecule has 2 aromatic carbocycles. The van der Waals surface area contributed by atoms with Gasteiger partial charge in [-0.05, 0) is 59.5 Å². The molecule has 0 aliphatic rings. The zero-order chi connectivity index (χ0) is 20.2. The summed E-state index contributed by atoms with van der Waals surface area (Å²) >= 11 is 0. The van der Waals surface area contributed by atoms with Gasteiger partial charge in [0.25, 0.3) is 0 Å². The normalized spacial score (nSPS) is 10.9. The molecule has 5 nitrogen and oxygen atoms in total. The fourth-order valence-corrected chi connectivity index (χ4v) is 3.55. The van der Waals surface area contributed by atoms with Gasteiger partial charge in [-0.25, -0.2) is 9.97 Å². The van der Waals surface area contributed by atoms with Crippen molar-refractivity contribution in [2.45, 2.75) is 19.8 Å². The first-order valence-electron chi connectivity index (χ1n) is 9.80. The predicted octanol–water partition coefficient (Wildman–Crippen LogP) is 5.36. The summed E-state index contributed by atoms with van der Waals surface area (Å²) < 4.78 is 5.41. The van der Waals surface area contributed by atoms with Gasteiger partial charge in [-0.3, -0.25) is 4.98 Å². The number of nitrogens with zero attached hydrogens (tertiary/aromatic N) is 3. The fraction of sp³-hybridized carbons (Fsp3) is 0.208. The zero-order valence-corrected chi connectivity index (χ0v) is 16.9. The number of aryl methyl sites for hydroxylation is 1. The lowest BCUT2D eigenvalue weighted by Crippen LogP contribution is -2.02. The van der Waals surface area contributed by atoms with Crippen molar-refractivity contribution < 1.29 is 4.74 Å². The van der Waals surface area contributed by atoms with Gasteiger partial charge in [0.2, 0.25) is 0 Å². The minimum absolute atomic E-state index is 0.682. The summed E-state index contributed by atoms with van der Waals surface area (Å²) in [4.78, 5) is 13.9. The lowest BCUT2D eigenvalue weighted by Gasteiger charge is -2.14. The monoisotopic (exact) mass is 384 g/mol. The molecule has 4 rings (SSSR count). The molecule has 4 aromatic rings. The number of nitrogens with one attached hydrogen (secondary N) is 1. The number of aromatic nitrogens is 3. The number of methoxy groups -OCH3 is 1. The van der Waals surface area contributed by atoms with Gasteiger partial charge in [0.05, 0.1) is 12.6 Å². The Labute approximate surface area is 170 Å². The quantitative estimate of drug-likeness (QED) is 0.485. The molecule has 0 aliphatic carbocycles. The zero-order valence-electron chi connectivity index (χ0n) is 16.9. The van der Waals surface area contributed by atoms with Crippen LogP contribution in [0.2, 0.25) is 0 Å². The summed E-state index contributed by atoms with van der Waals surface area (Å²) in [7, 11) is 3.58. The highest BCUT2D eigenvalue weighted by atomic mass is 16.5. The molecule has 0 aliphatic heterocycles. The van der Waals surface area contributed by atoms with Crippen LogP contribution >= 0.6 is 0 Å². The molecule has 0 atom stereocenters. The molecule has 1 N–H and O–H groups in total. The van der Waals surface area contributed by atoms with Crippen molar-refractivity contribution in [2.24, 2.45) is 0 Å². The first-order chi connectivity index (χ1) is 14.2. The standard InChI is InChI=1S/C24H24N4O/c1-4-7-17-12-19(16-8-5-10-20(13-16)29-3)14-21-22(17)27-23(28-24(21)25-2)18-9-6-11-26-15-18/h5-6,8-15H,4,7H2,1-3H3,(H,25,27,28). The van der Waals surface area contributed by atoms with Crippen LogP contribution in [0.3, 0.4) is 0 Å². The largest absolute Gasteiger partial charge is 0.497 e. The molecular formula is C24H24N4O. The summed E-state index contributed by atoms with van der Waals surface area (Å²) in [5.74, 6) is 2.34. The van der Waals surface area contributed by atoms with E-state index in [1.807, 2.05) is 31.3 Å². The molecule has 0 spiro atoms. The minimum atomic E-state index is 0.682. The van der Waals surface area contributed by atoms with E-state index in [1.165, 1.54) is 5.56 Å². The van der Waals surface area contributed by atoms with Crippen LogP contribution in [0, 0.1) is 0 Å². The number of anilines is 1. The first kappa shape index (κ1) is 18.9. The number of hydrogen-bond donors (Lipinski definition) is 1. The number of ether oxygens (including phenoxy) is 1. The van der Waals surface area contributed by atoms with Crippen LogP contribution in [0.25, 0.3) is 33.4 Å². The van der Waals surface area contributed by atoms with Gasteiger partial charge in [0, 0.05) is 30.4 Å². The molecule has 0 amide bonds. The van der Waals surface area contributed by atoms with Crippen molar-refractivity contribution in [1.29, 1.82) is 0 Å².